The second-order valence-corrected chi connectivity index (χ2v) is 13.8. The zero-order valence-electron chi connectivity index (χ0n) is 17.1. The second kappa shape index (κ2) is 12.2. The van der Waals surface area contributed by atoms with Gasteiger partial charge in [-0.3, -0.25) is 0 Å². The van der Waals surface area contributed by atoms with E-state index in [9.17, 15) is 0 Å². The van der Waals surface area contributed by atoms with E-state index in [4.69, 9.17) is 0 Å². The van der Waals surface area contributed by atoms with Gasteiger partial charge in [0.1, 0.15) is 0 Å². The van der Waals surface area contributed by atoms with E-state index in [1.807, 2.05) is 0 Å². The van der Waals surface area contributed by atoms with Crippen LogP contribution in [0.5, 0.6) is 0 Å². The van der Waals surface area contributed by atoms with Crippen LogP contribution in [0.1, 0.15) is 25.9 Å². The molecule has 0 fully saturated rings. The fraction of sp³-hybridized carbons (Fsp3) is 0.200. The average Bonchev–Trinajstić information content (AvgIpc) is 3.11. The normalized spacial score (nSPS) is 14.0. The minimum absolute atomic E-state index is 0. The molecule has 30 heavy (non-hydrogen) atoms. The summed E-state index contributed by atoms with van der Waals surface area (Å²) < 4.78 is 0.764. The Labute approximate surface area is 210 Å². The molecule has 1 aliphatic carbocycles. The van der Waals surface area contributed by atoms with Crippen LogP contribution in [0.4, 0.5) is 0 Å². The van der Waals surface area contributed by atoms with Crippen LogP contribution in [0.25, 0.3) is 6.08 Å². The van der Waals surface area contributed by atoms with Crippen molar-refractivity contribution in [2.75, 3.05) is 20.6 Å². The second-order valence-electron chi connectivity index (χ2n) is 7.49. The summed E-state index contributed by atoms with van der Waals surface area (Å²) >= 11 is -1.24. The maximum atomic E-state index is 2.48. The third-order valence-electron chi connectivity index (χ3n) is 5.29. The molecule has 5 heteroatoms. The molecule has 0 amide bonds. The Morgan fingerprint density at radius 1 is 0.733 bits per heavy atom. The summed E-state index contributed by atoms with van der Waals surface area (Å²) in [6.45, 7) is 1.07. The van der Waals surface area contributed by atoms with Crippen molar-refractivity contribution in [2.45, 2.75) is 6.85 Å². The van der Waals surface area contributed by atoms with Gasteiger partial charge in [0.2, 0.25) is 0 Å². The van der Waals surface area contributed by atoms with Crippen LogP contribution >= 0.6 is 0 Å². The number of halogens is 3. The molecule has 0 bridgehead atoms. The van der Waals surface area contributed by atoms with E-state index in [1.54, 1.807) is 0 Å². The summed E-state index contributed by atoms with van der Waals surface area (Å²) in [7, 11) is 4.42. The maximum absolute atomic E-state index is 2.48. The Bertz CT molecular complexity index is 890. The van der Waals surface area contributed by atoms with Gasteiger partial charge in [0.05, 0.1) is 0 Å². The zero-order valence-corrected chi connectivity index (χ0v) is 23.0. The summed E-state index contributed by atoms with van der Waals surface area (Å²) in [5, 5.41) is 0. The molecule has 1 unspecified atom stereocenters. The Kier molecular flexibility index (Phi) is 11.1. The fourth-order valence-corrected chi connectivity index (χ4v) is 12.1. The Hall–Kier alpha value is -0.900. The Morgan fingerprint density at radius 3 is 1.77 bits per heavy atom. The van der Waals surface area contributed by atoms with Crippen LogP contribution in [0, 0.1) is 0 Å². The van der Waals surface area contributed by atoms with Crippen molar-refractivity contribution in [3.05, 3.63) is 113 Å². The van der Waals surface area contributed by atoms with Gasteiger partial charge in [-0.15, -0.1) is 0 Å². The van der Waals surface area contributed by atoms with E-state index in [2.05, 4.69) is 116 Å². The van der Waals surface area contributed by atoms with Crippen LogP contribution in [-0.4, -0.2) is 25.5 Å². The topological polar surface area (TPSA) is 3.24 Å². The molecule has 1 nitrogen and oxygen atoms in total. The molecule has 0 radical (unpaired) electrons. The number of fused-ring (bicyclic) bond motifs is 1. The molecule has 0 aromatic heterocycles. The molecule has 0 heterocycles. The SMILES string of the molecule is CN(C)C[C]([Hf+3][CH]1C=Cc2ccccc21)(c1ccccc1)c1ccccc1.[Cl-].[Cl-].[Cl-]. The van der Waals surface area contributed by atoms with Crippen molar-refractivity contribution in [3.63, 3.8) is 0 Å². The first kappa shape index (κ1) is 27.1. The van der Waals surface area contributed by atoms with E-state index in [1.165, 1.54) is 22.3 Å². The van der Waals surface area contributed by atoms with Crippen molar-refractivity contribution in [2.24, 2.45) is 0 Å². The first-order valence-electron chi connectivity index (χ1n) is 9.50. The molecule has 1 aliphatic rings. The minimum Gasteiger partial charge on any atom is -1.00 e. The van der Waals surface area contributed by atoms with Crippen molar-refractivity contribution in [3.8, 4) is 0 Å². The molecule has 4 rings (SSSR count). The molecule has 0 saturated carbocycles. The van der Waals surface area contributed by atoms with Crippen molar-refractivity contribution in [1.82, 2.24) is 4.90 Å². The standard InChI is InChI=1S/C16H18N.C9H7.3ClH.Hf/c1-17(2)13-16(14-9-5-3-6-10-14)15-11-7-4-8-12-15;1-2-5-9-7-3-6-8(9)4-1;;;;/h3-12H,13H2,1-2H3;1-7H;3*1H;/q;;;;;+3/p-3. The molecule has 155 valence electrons. The van der Waals surface area contributed by atoms with Crippen molar-refractivity contribution >= 4 is 6.08 Å². The summed E-state index contributed by atoms with van der Waals surface area (Å²) in [6.07, 6.45) is 4.81. The predicted octanol–water partition coefficient (Wildman–Crippen LogP) is -3.65. The number of hydrogen-bond donors (Lipinski definition) is 0. The monoisotopic (exact) mass is 624 g/mol. The van der Waals surface area contributed by atoms with Gasteiger partial charge in [-0.05, 0) is 0 Å². The van der Waals surface area contributed by atoms with Crippen molar-refractivity contribution in [1.29, 1.82) is 0 Å². The molecule has 0 saturated heterocycles. The van der Waals surface area contributed by atoms with Crippen LogP contribution in [-0.2, 0) is 26.1 Å². The molecule has 1 atom stereocenters. The Balaban J connectivity index is 0.00000150. The summed E-state index contributed by atoms with van der Waals surface area (Å²) in [5.41, 5.74) is 5.91. The predicted molar refractivity (Wildman–Crippen MR) is 110 cm³/mol. The molecule has 0 spiro atoms. The smallest absolute Gasteiger partial charge is 1.00 e. The fourth-order valence-electron chi connectivity index (χ4n) is 4.12. The van der Waals surface area contributed by atoms with Crippen LogP contribution < -0.4 is 37.2 Å². The Morgan fingerprint density at radius 2 is 1.23 bits per heavy atom. The van der Waals surface area contributed by atoms with Gasteiger partial charge in [-0.25, -0.2) is 0 Å². The van der Waals surface area contributed by atoms with Crippen molar-refractivity contribution < 1.29 is 60.1 Å². The van der Waals surface area contributed by atoms with Gasteiger partial charge in [-0.2, -0.15) is 0 Å². The third kappa shape index (κ3) is 5.66. The van der Waals surface area contributed by atoms with Crippen LogP contribution in [0.15, 0.2) is 91.0 Å². The quantitative estimate of drug-likeness (QED) is 0.256. The van der Waals surface area contributed by atoms with E-state index in [0.29, 0.717) is 3.67 Å². The number of allylic oxidation sites excluding steroid dienone is 1. The van der Waals surface area contributed by atoms with E-state index >= 15 is 0 Å². The van der Waals surface area contributed by atoms with Gasteiger partial charge in [0.25, 0.3) is 0 Å². The number of hydrogen-bond acceptors (Lipinski definition) is 1. The molecular weight excluding hydrogens is 599 g/mol. The molecule has 3 aromatic rings. The number of likely N-dealkylation sites (N-methyl/N-ethyl adjacent to an activating group) is 1. The van der Waals surface area contributed by atoms with E-state index in [0.717, 1.165) is 6.54 Å². The summed E-state index contributed by atoms with van der Waals surface area (Å²) in [6, 6.07) is 31.4. The third-order valence-corrected chi connectivity index (χ3v) is 12.6. The molecule has 3 aromatic carbocycles. The van der Waals surface area contributed by atoms with E-state index < -0.39 is 22.9 Å². The number of nitrogens with zero attached hydrogens (tertiary/aromatic N) is 1. The number of benzene rings is 3. The average molecular weight is 624 g/mol. The van der Waals surface area contributed by atoms with E-state index in [-0.39, 0.29) is 40.4 Å². The summed E-state index contributed by atoms with van der Waals surface area (Å²) in [4.78, 5) is 2.37. The number of rotatable bonds is 6. The van der Waals surface area contributed by atoms with Crippen LogP contribution in [0.2, 0.25) is 0 Å². The molecule has 0 aliphatic heterocycles. The maximum Gasteiger partial charge on any atom is -1.00 e. The van der Waals surface area contributed by atoms with Gasteiger partial charge in [-0.1, -0.05) is 0 Å². The van der Waals surface area contributed by atoms with Gasteiger partial charge >= 0.3 is 175 Å². The zero-order chi connectivity index (χ0) is 18.7. The summed E-state index contributed by atoms with van der Waals surface area (Å²) in [5.74, 6) is 0. The van der Waals surface area contributed by atoms with Crippen LogP contribution in [0.3, 0.4) is 0 Å². The molecular formula is C25H25Cl3HfN. The first-order chi connectivity index (χ1) is 13.2. The largest absolute Gasteiger partial charge is 1.00 e. The molecule has 0 N–H and O–H groups in total. The van der Waals surface area contributed by atoms with Gasteiger partial charge in [0.15, 0.2) is 0 Å². The van der Waals surface area contributed by atoms with Gasteiger partial charge in [0, 0.05) is 0 Å². The minimum atomic E-state index is -1.24. The first-order valence-corrected chi connectivity index (χ1v) is 13.4. The van der Waals surface area contributed by atoms with Gasteiger partial charge < -0.3 is 37.2 Å².